The molecule has 5 nitrogen and oxygen atoms in total. The third-order valence-corrected chi connectivity index (χ3v) is 5.05. The van der Waals surface area contributed by atoms with Crippen molar-refractivity contribution in [3.63, 3.8) is 0 Å². The molecule has 142 valence electrons. The molecular formula is C20H25KO5S. The van der Waals surface area contributed by atoms with Gasteiger partial charge >= 0.3 is 51.4 Å². The summed E-state index contributed by atoms with van der Waals surface area (Å²) in [6, 6.07) is 10.4. The second-order valence-corrected chi connectivity index (χ2v) is 7.72. The predicted molar refractivity (Wildman–Crippen MR) is 99.3 cm³/mol. The maximum Gasteiger partial charge on any atom is 1.00 e. The van der Waals surface area contributed by atoms with E-state index in [0.717, 1.165) is 19.3 Å². The molecule has 0 saturated carbocycles. The first kappa shape index (κ1) is 24.6. The van der Waals surface area contributed by atoms with Gasteiger partial charge in [0.05, 0.1) is 4.90 Å². The normalized spacial score (nSPS) is 11.0. The van der Waals surface area contributed by atoms with Crippen LogP contribution in [0, 0.1) is 0 Å². The van der Waals surface area contributed by atoms with Gasteiger partial charge < -0.3 is 9.84 Å². The Labute approximate surface area is 204 Å². The summed E-state index contributed by atoms with van der Waals surface area (Å²) in [5, 5.41) is 12.2. The quantitative estimate of drug-likeness (QED) is 0.362. The van der Waals surface area contributed by atoms with Crippen molar-refractivity contribution in [1.29, 1.82) is 0 Å². The Morgan fingerprint density at radius 2 is 1.67 bits per heavy atom. The molecule has 0 spiro atoms. The van der Waals surface area contributed by atoms with Crippen molar-refractivity contribution in [3.8, 4) is 17.2 Å². The second kappa shape index (κ2) is 12.2. The summed E-state index contributed by atoms with van der Waals surface area (Å²) in [5.41, 5.74) is 0.597. The van der Waals surface area contributed by atoms with Gasteiger partial charge in [0.15, 0.2) is 0 Å². The molecule has 0 heterocycles. The Hall–Kier alpha value is -0.414. The van der Waals surface area contributed by atoms with Gasteiger partial charge in [0, 0.05) is 6.07 Å². The SMILES string of the molecule is CCCCCCCCc1c([O-])cccc1Oc1cccc(S(=O)(=O)O)c1.[K+]. The van der Waals surface area contributed by atoms with Crippen LogP contribution in [-0.4, -0.2) is 13.0 Å². The van der Waals surface area contributed by atoms with Crippen LogP contribution in [0.2, 0.25) is 0 Å². The summed E-state index contributed by atoms with van der Waals surface area (Å²) < 4.78 is 37.4. The molecule has 0 unspecified atom stereocenters. The van der Waals surface area contributed by atoms with Gasteiger partial charge in [-0.1, -0.05) is 57.2 Å². The molecule has 0 radical (unpaired) electrons. The summed E-state index contributed by atoms with van der Waals surface area (Å²) in [4.78, 5) is -0.245. The monoisotopic (exact) mass is 416 g/mol. The zero-order valence-electron chi connectivity index (χ0n) is 16.0. The number of unbranched alkanes of at least 4 members (excludes halogenated alkanes) is 5. The summed E-state index contributed by atoms with van der Waals surface area (Å²) in [7, 11) is -4.30. The smallest absolute Gasteiger partial charge is 0.872 e. The maximum absolute atomic E-state index is 12.2. The van der Waals surface area contributed by atoms with Gasteiger partial charge in [-0.15, -0.1) is 5.75 Å². The summed E-state index contributed by atoms with van der Waals surface area (Å²) >= 11 is 0. The van der Waals surface area contributed by atoms with Gasteiger partial charge in [0.25, 0.3) is 10.1 Å². The van der Waals surface area contributed by atoms with Gasteiger partial charge in [0.2, 0.25) is 0 Å². The van der Waals surface area contributed by atoms with E-state index in [1.165, 1.54) is 43.5 Å². The van der Waals surface area contributed by atoms with E-state index >= 15 is 0 Å². The minimum atomic E-state index is -4.30. The van der Waals surface area contributed by atoms with Crippen LogP contribution in [0.4, 0.5) is 0 Å². The van der Waals surface area contributed by atoms with Crippen molar-refractivity contribution >= 4 is 10.1 Å². The van der Waals surface area contributed by atoms with Crippen molar-refractivity contribution in [3.05, 3.63) is 48.0 Å². The first-order valence-electron chi connectivity index (χ1n) is 8.96. The molecule has 0 bridgehead atoms. The van der Waals surface area contributed by atoms with Crippen LogP contribution < -0.4 is 61.2 Å². The van der Waals surface area contributed by atoms with E-state index in [4.69, 9.17) is 9.29 Å². The predicted octanol–water partition coefficient (Wildman–Crippen LogP) is 1.71. The van der Waals surface area contributed by atoms with Crippen LogP contribution in [0.15, 0.2) is 47.4 Å². The average molecular weight is 417 g/mol. The molecule has 7 heteroatoms. The largest absolute Gasteiger partial charge is 1.00 e. The minimum absolute atomic E-state index is 0. The number of benzene rings is 2. The Morgan fingerprint density at radius 1 is 1.00 bits per heavy atom. The van der Waals surface area contributed by atoms with Crippen LogP contribution >= 0.6 is 0 Å². The van der Waals surface area contributed by atoms with Crippen molar-refractivity contribution in [2.45, 2.75) is 56.8 Å². The number of hydrogen-bond acceptors (Lipinski definition) is 4. The van der Waals surface area contributed by atoms with Crippen molar-refractivity contribution in [2.75, 3.05) is 0 Å². The molecule has 0 saturated heterocycles. The first-order chi connectivity index (χ1) is 12.4. The molecule has 0 fully saturated rings. The van der Waals surface area contributed by atoms with Crippen molar-refractivity contribution < 1.29 is 74.2 Å². The fourth-order valence-corrected chi connectivity index (χ4v) is 3.31. The van der Waals surface area contributed by atoms with Gasteiger partial charge in [-0.05, 0) is 36.6 Å². The summed E-state index contributed by atoms with van der Waals surface area (Å²) in [5.74, 6) is 0.607. The first-order valence-corrected chi connectivity index (χ1v) is 10.4. The summed E-state index contributed by atoms with van der Waals surface area (Å²) in [6.45, 7) is 2.17. The van der Waals surface area contributed by atoms with Crippen molar-refractivity contribution in [1.82, 2.24) is 0 Å². The number of ether oxygens (including phenoxy) is 1. The summed E-state index contributed by atoms with van der Waals surface area (Å²) in [6.07, 6.45) is 7.39. The van der Waals surface area contributed by atoms with Crippen LogP contribution in [0.3, 0.4) is 0 Å². The van der Waals surface area contributed by atoms with E-state index in [1.807, 2.05) is 0 Å². The van der Waals surface area contributed by atoms with Gasteiger partial charge in [0.1, 0.15) is 11.5 Å². The Bertz CT molecular complexity index is 821. The third kappa shape index (κ3) is 8.23. The zero-order valence-corrected chi connectivity index (χ0v) is 19.9. The fourth-order valence-electron chi connectivity index (χ4n) is 2.79. The molecule has 0 amide bonds. The number of rotatable bonds is 10. The standard InChI is InChI=1S/C20H26O5S.K/c1-2-3-4-5-6-7-12-18-19(21)13-9-14-20(18)25-16-10-8-11-17(15-16)26(22,23)24;/h8-11,13-15,21H,2-7,12H2,1H3,(H,22,23,24);/q;+1/p-1. The van der Waals surface area contributed by atoms with Crippen LogP contribution in [-0.2, 0) is 16.5 Å². The van der Waals surface area contributed by atoms with E-state index in [1.54, 1.807) is 18.2 Å². The molecule has 0 aliphatic heterocycles. The molecule has 0 atom stereocenters. The third-order valence-electron chi connectivity index (χ3n) is 4.20. The van der Waals surface area contributed by atoms with E-state index in [-0.39, 0.29) is 67.8 Å². The second-order valence-electron chi connectivity index (χ2n) is 6.30. The van der Waals surface area contributed by atoms with E-state index in [2.05, 4.69) is 6.92 Å². The Balaban J connectivity index is 0.00000364. The fraction of sp³-hybridized carbons (Fsp3) is 0.400. The van der Waals surface area contributed by atoms with E-state index in [9.17, 15) is 13.5 Å². The minimum Gasteiger partial charge on any atom is -0.872 e. The van der Waals surface area contributed by atoms with E-state index in [0.29, 0.717) is 17.7 Å². The number of hydrogen-bond donors (Lipinski definition) is 1. The topological polar surface area (TPSA) is 86.7 Å². The van der Waals surface area contributed by atoms with Crippen LogP contribution in [0.5, 0.6) is 17.2 Å². The zero-order chi connectivity index (χ0) is 19.0. The molecule has 0 aliphatic rings. The molecule has 27 heavy (non-hydrogen) atoms. The molecular weight excluding hydrogens is 391 g/mol. The van der Waals surface area contributed by atoms with Crippen LogP contribution in [0.25, 0.3) is 0 Å². The van der Waals surface area contributed by atoms with Crippen molar-refractivity contribution in [2.24, 2.45) is 0 Å². The molecule has 2 rings (SSSR count). The molecule has 2 aromatic carbocycles. The average Bonchev–Trinajstić information content (AvgIpc) is 2.59. The maximum atomic E-state index is 12.2. The molecule has 2 aromatic rings. The Morgan fingerprint density at radius 3 is 2.37 bits per heavy atom. The van der Waals surface area contributed by atoms with Crippen LogP contribution in [0.1, 0.15) is 51.0 Å². The van der Waals surface area contributed by atoms with Gasteiger partial charge in [-0.3, -0.25) is 4.55 Å². The Kier molecular flexibility index (Phi) is 11.1. The molecule has 1 N–H and O–H groups in total. The van der Waals surface area contributed by atoms with Gasteiger partial charge in [-0.2, -0.15) is 8.42 Å². The molecule has 0 aliphatic carbocycles. The molecule has 0 aromatic heterocycles. The van der Waals surface area contributed by atoms with E-state index < -0.39 is 10.1 Å². The van der Waals surface area contributed by atoms with Gasteiger partial charge in [-0.25, -0.2) is 0 Å².